The summed E-state index contributed by atoms with van der Waals surface area (Å²) in [6.07, 6.45) is -0.830. The van der Waals surface area contributed by atoms with Gasteiger partial charge in [-0.25, -0.2) is 9.97 Å². The Morgan fingerprint density at radius 3 is 3.00 bits per heavy atom. The smallest absolute Gasteiger partial charge is 0.279 e. The molecule has 0 aliphatic carbocycles. The summed E-state index contributed by atoms with van der Waals surface area (Å²) in [5.41, 5.74) is 0.210. The van der Waals surface area contributed by atoms with Crippen LogP contribution in [0.4, 0.5) is 0 Å². The normalized spacial score (nSPS) is 27.2. The van der Waals surface area contributed by atoms with Crippen molar-refractivity contribution in [2.24, 2.45) is 0 Å². The van der Waals surface area contributed by atoms with Crippen LogP contribution in [0.1, 0.15) is 19.0 Å². The second-order valence-electron chi connectivity index (χ2n) is 4.47. The number of imidazole rings is 1. The fourth-order valence-electron chi connectivity index (χ4n) is 2.15. The number of ether oxygens (including phenoxy) is 1. The molecule has 2 aromatic heterocycles. The van der Waals surface area contributed by atoms with Crippen LogP contribution >= 0.6 is 0 Å². The van der Waals surface area contributed by atoms with Gasteiger partial charge in [-0.3, -0.25) is 9.36 Å². The maximum atomic E-state index is 11.8. The van der Waals surface area contributed by atoms with E-state index in [4.69, 9.17) is 4.74 Å². The molecule has 3 unspecified atom stereocenters. The number of aromatic nitrogens is 4. The zero-order valence-electron chi connectivity index (χ0n) is 10.3. The van der Waals surface area contributed by atoms with Crippen molar-refractivity contribution >= 4 is 11.2 Å². The maximum absolute atomic E-state index is 11.8. The van der Waals surface area contributed by atoms with Gasteiger partial charge in [-0.05, 0) is 0 Å². The van der Waals surface area contributed by atoms with Gasteiger partial charge in [-0.1, -0.05) is 6.92 Å². The largest absolute Gasteiger partial charge is 0.388 e. The molecular formula is C11H14N4O4. The molecule has 0 bridgehead atoms. The third-order valence-electron chi connectivity index (χ3n) is 3.21. The molecule has 0 amide bonds. The van der Waals surface area contributed by atoms with Crippen molar-refractivity contribution in [1.82, 2.24) is 19.5 Å². The van der Waals surface area contributed by atoms with Gasteiger partial charge in [0.1, 0.15) is 18.0 Å². The Kier molecular flexibility index (Phi) is 2.85. The Bertz CT molecular complexity index is 664. The first-order valence-electron chi connectivity index (χ1n) is 6.05. The van der Waals surface area contributed by atoms with Gasteiger partial charge in [0.15, 0.2) is 17.4 Å². The zero-order chi connectivity index (χ0) is 13.6. The number of hydrogen-bond acceptors (Lipinski definition) is 6. The molecule has 0 radical (unpaired) electrons. The average Bonchev–Trinajstić information content (AvgIpc) is 2.95. The number of nitrogens with zero attached hydrogens (tertiary/aromatic N) is 3. The molecule has 1 aliphatic rings. The number of H-pyrrole nitrogens is 1. The summed E-state index contributed by atoms with van der Waals surface area (Å²) in [7, 11) is 0. The van der Waals surface area contributed by atoms with E-state index in [0.717, 1.165) is 0 Å². The molecule has 19 heavy (non-hydrogen) atoms. The van der Waals surface area contributed by atoms with Crippen LogP contribution in [0, 0.1) is 0 Å². The Hall–Kier alpha value is -1.77. The number of aromatic amines is 1. The summed E-state index contributed by atoms with van der Waals surface area (Å²) >= 11 is 0. The van der Waals surface area contributed by atoms with Gasteiger partial charge in [0.25, 0.3) is 5.56 Å². The molecule has 2 aromatic rings. The topological polar surface area (TPSA) is 113 Å². The number of aryl methyl sites for hydroxylation is 1. The monoisotopic (exact) mass is 266 g/mol. The summed E-state index contributed by atoms with van der Waals surface area (Å²) < 4.78 is 6.79. The summed E-state index contributed by atoms with van der Waals surface area (Å²) in [5.74, 6) is 0.535. The fourth-order valence-corrected chi connectivity index (χ4v) is 2.15. The van der Waals surface area contributed by atoms with Crippen molar-refractivity contribution in [2.75, 3.05) is 6.61 Å². The van der Waals surface area contributed by atoms with Gasteiger partial charge in [-0.15, -0.1) is 0 Å². The third kappa shape index (κ3) is 1.84. The molecule has 8 nitrogen and oxygen atoms in total. The van der Waals surface area contributed by atoms with Crippen LogP contribution in [-0.2, 0) is 11.2 Å². The predicted molar refractivity (Wildman–Crippen MR) is 64.5 cm³/mol. The van der Waals surface area contributed by atoms with Crippen molar-refractivity contribution < 1.29 is 14.9 Å². The maximum Gasteiger partial charge on any atom is 0.279 e. The highest BCUT2D eigenvalue weighted by molar-refractivity contribution is 5.69. The molecule has 102 valence electrons. The molecule has 8 heteroatoms. The van der Waals surface area contributed by atoms with Gasteiger partial charge in [0.05, 0.1) is 12.9 Å². The van der Waals surface area contributed by atoms with E-state index in [-0.39, 0.29) is 17.7 Å². The molecule has 0 spiro atoms. The lowest BCUT2D eigenvalue weighted by molar-refractivity contribution is -0.0163. The van der Waals surface area contributed by atoms with Gasteiger partial charge in [0.2, 0.25) is 0 Å². The number of fused-ring (bicyclic) bond motifs is 1. The quantitative estimate of drug-likeness (QED) is 0.638. The number of nitrogens with one attached hydrogen (secondary N) is 1. The predicted octanol–water partition coefficient (Wildman–Crippen LogP) is -1.07. The summed E-state index contributed by atoms with van der Waals surface area (Å²) in [5, 5.41) is 19.3. The van der Waals surface area contributed by atoms with E-state index < -0.39 is 18.4 Å². The van der Waals surface area contributed by atoms with Crippen LogP contribution in [0.15, 0.2) is 11.1 Å². The second kappa shape index (κ2) is 4.41. The Morgan fingerprint density at radius 2 is 2.37 bits per heavy atom. The molecule has 1 fully saturated rings. The lowest BCUT2D eigenvalue weighted by Crippen LogP contribution is -2.28. The standard InChI is InChI=1S/C11H14N4O4/c1-2-6-13-9-7(10(18)14-6)12-4-15(9)11-8(17)5(16)3-19-11/h4-5,8,11,16-17H,2-3H2,1H3,(H,13,14,18). The van der Waals surface area contributed by atoms with Crippen LogP contribution in [-0.4, -0.2) is 48.5 Å². The number of aliphatic hydroxyl groups excluding tert-OH is 2. The molecular weight excluding hydrogens is 252 g/mol. The van der Waals surface area contributed by atoms with E-state index in [1.807, 2.05) is 6.92 Å². The average molecular weight is 266 g/mol. The number of rotatable bonds is 2. The highest BCUT2D eigenvalue weighted by Crippen LogP contribution is 2.26. The first kappa shape index (κ1) is 12.3. The Balaban J connectivity index is 2.15. The van der Waals surface area contributed by atoms with Crippen molar-refractivity contribution in [1.29, 1.82) is 0 Å². The van der Waals surface area contributed by atoms with Gasteiger partial charge >= 0.3 is 0 Å². The van der Waals surface area contributed by atoms with E-state index in [0.29, 0.717) is 17.9 Å². The minimum absolute atomic E-state index is 0.0370. The first-order chi connectivity index (χ1) is 9.11. The lowest BCUT2D eigenvalue weighted by Gasteiger charge is -2.16. The van der Waals surface area contributed by atoms with E-state index in [9.17, 15) is 15.0 Å². The molecule has 3 atom stereocenters. The molecule has 1 aliphatic heterocycles. The minimum Gasteiger partial charge on any atom is -0.388 e. The molecule has 3 rings (SSSR count). The summed E-state index contributed by atoms with van der Waals surface area (Å²) in [6.45, 7) is 1.91. The summed E-state index contributed by atoms with van der Waals surface area (Å²) in [6, 6.07) is 0. The van der Waals surface area contributed by atoms with Crippen LogP contribution in [0.2, 0.25) is 0 Å². The molecule has 3 heterocycles. The lowest BCUT2D eigenvalue weighted by atomic mass is 10.2. The van der Waals surface area contributed by atoms with E-state index in [1.54, 1.807) is 0 Å². The summed E-state index contributed by atoms with van der Waals surface area (Å²) in [4.78, 5) is 22.7. The van der Waals surface area contributed by atoms with Crippen molar-refractivity contribution in [3.63, 3.8) is 0 Å². The van der Waals surface area contributed by atoms with Gasteiger partial charge in [0, 0.05) is 6.42 Å². The van der Waals surface area contributed by atoms with Crippen molar-refractivity contribution in [3.05, 3.63) is 22.5 Å². The van der Waals surface area contributed by atoms with Crippen molar-refractivity contribution in [2.45, 2.75) is 31.8 Å². The Morgan fingerprint density at radius 1 is 1.58 bits per heavy atom. The van der Waals surface area contributed by atoms with Crippen LogP contribution < -0.4 is 5.56 Å². The van der Waals surface area contributed by atoms with E-state index in [1.165, 1.54) is 10.9 Å². The molecule has 0 aromatic carbocycles. The number of aliphatic hydroxyl groups is 2. The minimum atomic E-state index is -1.07. The number of hydrogen-bond donors (Lipinski definition) is 3. The highest BCUT2D eigenvalue weighted by atomic mass is 16.5. The van der Waals surface area contributed by atoms with E-state index in [2.05, 4.69) is 15.0 Å². The Labute approximate surface area is 107 Å². The van der Waals surface area contributed by atoms with Crippen LogP contribution in [0.3, 0.4) is 0 Å². The van der Waals surface area contributed by atoms with E-state index >= 15 is 0 Å². The van der Waals surface area contributed by atoms with Crippen LogP contribution in [0.5, 0.6) is 0 Å². The SMILES string of the molecule is CCc1nc2c(ncn2C2OCC(O)C2O)c(=O)[nH]1. The molecule has 1 saturated heterocycles. The van der Waals surface area contributed by atoms with Crippen molar-refractivity contribution in [3.8, 4) is 0 Å². The molecule has 3 N–H and O–H groups in total. The first-order valence-corrected chi connectivity index (χ1v) is 6.05. The van der Waals surface area contributed by atoms with Crippen LogP contribution in [0.25, 0.3) is 11.2 Å². The van der Waals surface area contributed by atoms with Gasteiger partial charge in [-0.2, -0.15) is 0 Å². The fraction of sp³-hybridized carbons (Fsp3) is 0.545. The second-order valence-corrected chi connectivity index (χ2v) is 4.47. The zero-order valence-corrected chi connectivity index (χ0v) is 10.3. The third-order valence-corrected chi connectivity index (χ3v) is 3.21. The molecule has 0 saturated carbocycles. The van der Waals surface area contributed by atoms with Gasteiger partial charge < -0.3 is 19.9 Å². The highest BCUT2D eigenvalue weighted by Gasteiger charge is 2.37.